The molecule has 0 amide bonds. The molecule has 42 heteroatoms. The number of unbranched alkanes of at least 4 members (excludes halogenated alkanes) is 1. The summed E-state index contributed by atoms with van der Waals surface area (Å²) >= 11 is 0. The maximum atomic E-state index is 15.0. The lowest BCUT2D eigenvalue weighted by molar-refractivity contribution is -0.368. The standard InChI is InChI=1S/2C40H49F2N8O8P.C6H14N2O2/c2*1-4-37(28(3)57-38(5-2)58-59(52,53)54)50-39(51)49(27-45-50)33-9-7-31(8-10-33)46-16-18-47(19-17-46)32-11-13-34(14-12-32)55-22-29-21-40(56-23-29,24-48-26-43-25-44-48)35-15-6-30(41)20-36(35)42;7-4-2-1-3-5(8)6(9)10/h2*6-15,20,25-29,37-38H,4-5,16-19,21-24H2,1-3H3,(H2,52,53,54);5H,1-4,7-8H2,(H,9,10)/p+1/t2*28-,29-,37-,38?,40?;/m00./s1. The summed E-state index contributed by atoms with van der Waals surface area (Å²) < 4.78 is 135. The Balaban J connectivity index is 0.000000210. The average Bonchev–Trinajstić information content (AvgIpc) is 1.62. The van der Waals surface area contributed by atoms with Gasteiger partial charge >= 0.3 is 33.0 Å². The van der Waals surface area contributed by atoms with Gasteiger partial charge in [-0.25, -0.2) is 74.1 Å². The molecule has 6 aromatic carbocycles. The number of rotatable bonds is 39. The number of carboxylic acid groups (broad SMARTS) is 1. The molecule has 14 rings (SSSR count). The Bertz CT molecular complexity index is 5080. The van der Waals surface area contributed by atoms with Gasteiger partial charge in [-0.1, -0.05) is 39.8 Å². The largest absolute Gasteiger partial charge is 0.493 e. The zero-order chi connectivity index (χ0) is 91.5. The Kier molecular flexibility index (Phi) is 33.3. The lowest BCUT2D eigenvalue weighted by Gasteiger charge is -2.37. The number of carboxylic acids is 1. The van der Waals surface area contributed by atoms with Crippen molar-refractivity contribution in [2.75, 3.05) is 105 Å². The minimum Gasteiger partial charge on any atom is -0.493 e. The van der Waals surface area contributed by atoms with Gasteiger partial charge in [-0.3, -0.25) is 13.8 Å². The molecular formula is C86H113F4N18O18P2+. The number of anilines is 4. The first-order valence-electron chi connectivity index (χ1n) is 42.8. The van der Waals surface area contributed by atoms with Crippen molar-refractivity contribution < 1.29 is 99.4 Å². The second-order valence-electron chi connectivity index (χ2n) is 32.0. The SMILES string of the molecule is CCC(O[C@@H](C)[C@H](CC)n1ncn(-c2ccc(N3CCN(c4ccc(OC[C@H]5COC(Cn6cncn6)(c6ccc(F)cc6F)C5)cc4)CC3)cc2)c1=O)OP(=O)(O)O.CCC(O[C@@H](C)[C@H](CC)n1ncn(-c2ccc(N3CCN(c4ccc(OC[C@H]5COC(Cn6cncn6)(c6ccc(F)cc6F)C5)cc4)CC3)cc2)c1=O)OP(=O)(O)O.NC(CCCC[NH3+])C(=O)O. The fraction of sp³-hybridized carbons (Fsp3) is 0.477. The highest BCUT2D eigenvalue weighted by Gasteiger charge is 2.47. The Morgan fingerprint density at radius 1 is 0.516 bits per heavy atom. The number of halogens is 4. The van der Waals surface area contributed by atoms with Crippen LogP contribution in [0.15, 0.2) is 181 Å². The van der Waals surface area contributed by atoms with E-state index in [1.165, 1.54) is 68.1 Å². The molecule has 10 N–H and O–H groups in total. The summed E-state index contributed by atoms with van der Waals surface area (Å²) in [6.07, 6.45) is 10.0. The van der Waals surface area contributed by atoms with Gasteiger partial charge in [0.05, 0.1) is 81.7 Å². The number of benzene rings is 6. The molecule has 0 aliphatic carbocycles. The first kappa shape index (κ1) is 96.5. The average molecular weight is 1820 g/mol. The second kappa shape index (κ2) is 44.2. The zero-order valence-electron chi connectivity index (χ0n) is 72.2. The van der Waals surface area contributed by atoms with E-state index in [0.717, 1.165) is 107 Å². The summed E-state index contributed by atoms with van der Waals surface area (Å²) in [7, 11) is -9.50. The van der Waals surface area contributed by atoms with Crippen molar-refractivity contribution in [2.45, 2.75) is 167 Å². The first-order chi connectivity index (χ1) is 61.4. The fourth-order valence-electron chi connectivity index (χ4n) is 16.5. The Labute approximate surface area is 737 Å². The number of phosphoric ester groups is 2. The highest BCUT2D eigenvalue weighted by atomic mass is 31.2. The summed E-state index contributed by atoms with van der Waals surface area (Å²) in [5.74, 6) is -2.18. The number of carbonyl (C=O) groups is 1. The summed E-state index contributed by atoms with van der Waals surface area (Å²) in [4.78, 5) is 91.1. The van der Waals surface area contributed by atoms with Crippen LogP contribution in [-0.4, -0.2) is 205 Å². The number of quaternary nitrogens is 1. The molecule has 128 heavy (non-hydrogen) atoms. The topological polar surface area (TPSA) is 434 Å². The number of nitrogens with two attached hydrogens (primary N) is 1. The van der Waals surface area contributed by atoms with Crippen LogP contribution in [0.25, 0.3) is 11.4 Å². The zero-order valence-corrected chi connectivity index (χ0v) is 74.0. The fourth-order valence-corrected chi connectivity index (χ4v) is 17.5. The van der Waals surface area contributed by atoms with E-state index >= 15 is 8.78 Å². The first-order valence-corrected chi connectivity index (χ1v) is 45.8. The molecule has 4 saturated heterocycles. The van der Waals surface area contributed by atoms with Crippen molar-refractivity contribution >= 4 is 44.4 Å². The second-order valence-corrected chi connectivity index (χ2v) is 34.4. The Morgan fingerprint density at radius 3 is 1.17 bits per heavy atom. The van der Waals surface area contributed by atoms with E-state index in [1.54, 1.807) is 49.7 Å². The molecule has 10 aromatic rings. The number of aliphatic carboxylic acids is 1. The third-order valence-corrected chi connectivity index (χ3v) is 24.2. The number of piperazine rings is 2. The summed E-state index contributed by atoms with van der Waals surface area (Å²) in [5.41, 5.74) is 12.2. The molecule has 5 unspecified atom stereocenters. The van der Waals surface area contributed by atoms with Gasteiger partial charge in [0.15, 0.2) is 12.6 Å². The number of ether oxygens (including phenoxy) is 6. The van der Waals surface area contributed by atoms with E-state index < -0.39 is 99.0 Å². The Morgan fingerprint density at radius 2 is 0.867 bits per heavy atom. The molecule has 8 heterocycles. The van der Waals surface area contributed by atoms with Crippen LogP contribution in [0.5, 0.6) is 11.5 Å². The number of aromatic nitrogens is 12. The van der Waals surface area contributed by atoms with Crippen molar-refractivity contribution in [3.05, 3.63) is 227 Å². The molecular weight excluding hydrogens is 1710 g/mol. The van der Waals surface area contributed by atoms with Crippen LogP contribution in [-0.2, 0) is 66.2 Å². The molecule has 4 aromatic heterocycles. The normalized spacial score (nSPS) is 19.6. The lowest BCUT2D eigenvalue weighted by atomic mass is 9.87. The molecule has 692 valence electrons. The molecule has 11 atom stereocenters. The third kappa shape index (κ3) is 25.3. The van der Waals surface area contributed by atoms with Crippen LogP contribution in [0, 0.1) is 35.1 Å². The van der Waals surface area contributed by atoms with Crippen molar-refractivity contribution in [3.63, 3.8) is 0 Å². The van der Waals surface area contributed by atoms with Crippen LogP contribution >= 0.6 is 15.6 Å². The van der Waals surface area contributed by atoms with Crippen molar-refractivity contribution in [2.24, 2.45) is 17.6 Å². The van der Waals surface area contributed by atoms with E-state index in [9.17, 15) is 51.9 Å². The predicted molar refractivity (Wildman–Crippen MR) is 464 cm³/mol. The molecule has 4 fully saturated rings. The third-order valence-electron chi connectivity index (χ3n) is 23.1. The van der Waals surface area contributed by atoms with Gasteiger partial charge in [-0.05, 0) is 181 Å². The minimum absolute atomic E-state index is 0.0351. The Hall–Kier alpha value is -10.6. The monoisotopic (exact) mass is 1820 g/mol. The summed E-state index contributed by atoms with van der Waals surface area (Å²) in [6, 6.07) is 36.8. The van der Waals surface area contributed by atoms with E-state index in [-0.39, 0.29) is 60.3 Å². The molecule has 36 nitrogen and oxygen atoms in total. The molecule has 0 spiro atoms. The van der Waals surface area contributed by atoms with Crippen LogP contribution in [0.3, 0.4) is 0 Å². The van der Waals surface area contributed by atoms with E-state index in [2.05, 4.69) is 55.7 Å². The van der Waals surface area contributed by atoms with Crippen LogP contribution in [0.1, 0.15) is 123 Å². The van der Waals surface area contributed by atoms with Crippen molar-refractivity contribution in [3.8, 4) is 22.9 Å². The highest BCUT2D eigenvalue weighted by Crippen LogP contribution is 2.45. The van der Waals surface area contributed by atoms with Gasteiger partial charge in [0.25, 0.3) is 0 Å². The number of nitrogens with zero attached hydrogens (tertiary/aromatic N) is 16. The van der Waals surface area contributed by atoms with Crippen molar-refractivity contribution in [1.29, 1.82) is 0 Å². The minimum atomic E-state index is -4.75. The van der Waals surface area contributed by atoms with Gasteiger partial charge in [-0.15, -0.1) is 0 Å². The summed E-state index contributed by atoms with van der Waals surface area (Å²) in [6.45, 7) is 19.7. The van der Waals surface area contributed by atoms with E-state index in [0.29, 0.717) is 81.4 Å². The predicted octanol–water partition coefficient (Wildman–Crippen LogP) is 9.70. The number of hydrogen-bond donors (Lipinski definition) is 7. The van der Waals surface area contributed by atoms with Gasteiger partial charge in [0.2, 0.25) is 0 Å². The van der Waals surface area contributed by atoms with Crippen LogP contribution in [0.4, 0.5) is 40.3 Å². The molecule has 4 aliphatic heterocycles. The highest BCUT2D eigenvalue weighted by molar-refractivity contribution is 7.46. The molecule has 0 bridgehead atoms. The lowest BCUT2D eigenvalue weighted by Crippen LogP contribution is -2.50. The van der Waals surface area contributed by atoms with Crippen LogP contribution < -0.4 is 51.9 Å². The number of hydrogen-bond acceptors (Lipinski definition) is 24. The van der Waals surface area contributed by atoms with Gasteiger partial charge in [0, 0.05) is 110 Å². The maximum Gasteiger partial charge on any atom is 0.471 e. The van der Waals surface area contributed by atoms with E-state index in [1.807, 2.05) is 111 Å². The molecule has 4 aliphatic rings. The van der Waals surface area contributed by atoms with Gasteiger partial charge in [-0.2, -0.15) is 20.4 Å². The van der Waals surface area contributed by atoms with Crippen LogP contribution in [0.2, 0.25) is 0 Å². The van der Waals surface area contributed by atoms with Gasteiger partial charge < -0.3 is 84.2 Å². The molecule has 0 radical (unpaired) electrons. The summed E-state index contributed by atoms with van der Waals surface area (Å²) in [5, 5.41) is 25.4. The van der Waals surface area contributed by atoms with Crippen molar-refractivity contribution in [1.82, 2.24) is 58.2 Å². The van der Waals surface area contributed by atoms with E-state index in [4.69, 9.17) is 48.3 Å². The molecule has 0 saturated carbocycles. The maximum absolute atomic E-state index is 15.0. The van der Waals surface area contributed by atoms with Gasteiger partial charge in [0.1, 0.15) is 90.0 Å². The number of phosphoric acid groups is 2. The smallest absolute Gasteiger partial charge is 0.471 e. The quantitative estimate of drug-likeness (QED) is 0.00815.